The van der Waals surface area contributed by atoms with Gasteiger partial charge in [0, 0.05) is 22.3 Å². The number of hydrogen-bond donors (Lipinski definition) is 0. The van der Waals surface area contributed by atoms with Crippen molar-refractivity contribution in [2.45, 2.75) is 39.3 Å². The fraction of sp³-hybridized carbons (Fsp3) is 0.304. The zero-order chi connectivity index (χ0) is 19.7. The third kappa shape index (κ3) is 3.90. The third-order valence-electron chi connectivity index (χ3n) is 5.38. The summed E-state index contributed by atoms with van der Waals surface area (Å²) in [4.78, 5) is 15.3. The van der Waals surface area contributed by atoms with Crippen LogP contribution in [0.5, 0.6) is 0 Å². The summed E-state index contributed by atoms with van der Waals surface area (Å²) in [5.74, 6) is 0.112. The molecular formula is C23H24BrN3O. The summed E-state index contributed by atoms with van der Waals surface area (Å²) in [7, 11) is 0. The van der Waals surface area contributed by atoms with Crippen molar-refractivity contribution in [2.75, 3.05) is 6.54 Å². The lowest BCUT2D eigenvalue weighted by molar-refractivity contribution is 0.0735. The predicted octanol–water partition coefficient (Wildman–Crippen LogP) is 5.29. The van der Waals surface area contributed by atoms with Crippen LogP contribution in [0.1, 0.15) is 51.8 Å². The molecule has 1 atom stereocenters. The molecule has 4 rings (SSSR count). The first-order valence-electron chi connectivity index (χ1n) is 9.68. The van der Waals surface area contributed by atoms with E-state index in [1.54, 1.807) is 0 Å². The lowest BCUT2D eigenvalue weighted by Gasteiger charge is -2.25. The average molecular weight is 438 g/mol. The Morgan fingerprint density at radius 1 is 1.14 bits per heavy atom. The van der Waals surface area contributed by atoms with Crippen LogP contribution in [0.2, 0.25) is 0 Å². The molecule has 1 aliphatic rings. The first-order valence-corrected chi connectivity index (χ1v) is 10.5. The summed E-state index contributed by atoms with van der Waals surface area (Å²) in [6, 6.07) is 18.5. The lowest BCUT2D eigenvalue weighted by Crippen LogP contribution is -2.30. The maximum atomic E-state index is 13.3. The third-order valence-corrected chi connectivity index (χ3v) is 5.91. The van der Waals surface area contributed by atoms with Crippen LogP contribution in [0.4, 0.5) is 0 Å². The van der Waals surface area contributed by atoms with Crippen LogP contribution in [0, 0.1) is 13.8 Å². The van der Waals surface area contributed by atoms with Crippen LogP contribution < -0.4 is 0 Å². The van der Waals surface area contributed by atoms with E-state index in [0.29, 0.717) is 6.54 Å². The van der Waals surface area contributed by atoms with Crippen LogP contribution in [-0.2, 0) is 6.54 Å². The highest BCUT2D eigenvalue weighted by Crippen LogP contribution is 2.33. The van der Waals surface area contributed by atoms with Crippen molar-refractivity contribution in [2.24, 2.45) is 0 Å². The topological polar surface area (TPSA) is 38.1 Å². The monoisotopic (exact) mass is 437 g/mol. The highest BCUT2D eigenvalue weighted by Gasteiger charge is 2.30. The van der Waals surface area contributed by atoms with Gasteiger partial charge < -0.3 is 4.90 Å². The number of likely N-dealkylation sites (tertiary alicyclic amines) is 1. The molecule has 2 aromatic carbocycles. The number of benzene rings is 2. The lowest BCUT2D eigenvalue weighted by atomic mass is 10.0. The Morgan fingerprint density at radius 3 is 2.64 bits per heavy atom. The fourth-order valence-corrected chi connectivity index (χ4v) is 4.28. The summed E-state index contributed by atoms with van der Waals surface area (Å²) in [6.07, 6.45) is 2.05. The first-order chi connectivity index (χ1) is 13.5. The molecule has 28 heavy (non-hydrogen) atoms. The van der Waals surface area contributed by atoms with Gasteiger partial charge in [0.2, 0.25) is 0 Å². The molecule has 4 nitrogen and oxygen atoms in total. The normalized spacial score (nSPS) is 16.5. The van der Waals surface area contributed by atoms with Gasteiger partial charge in [-0.1, -0.05) is 40.2 Å². The molecule has 0 bridgehead atoms. The number of rotatable bonds is 4. The van der Waals surface area contributed by atoms with Gasteiger partial charge in [-0.05, 0) is 68.1 Å². The molecule has 0 radical (unpaired) electrons. The summed E-state index contributed by atoms with van der Waals surface area (Å²) in [5.41, 5.74) is 5.19. The maximum absolute atomic E-state index is 13.3. The molecule has 1 aromatic heterocycles. The van der Waals surface area contributed by atoms with Gasteiger partial charge in [0.15, 0.2) is 0 Å². The number of halogens is 1. The minimum atomic E-state index is 0.112. The van der Waals surface area contributed by atoms with E-state index in [1.807, 2.05) is 46.8 Å². The van der Waals surface area contributed by atoms with Gasteiger partial charge in [0.1, 0.15) is 0 Å². The Kier molecular flexibility index (Phi) is 5.36. The second-order valence-corrected chi connectivity index (χ2v) is 8.41. The van der Waals surface area contributed by atoms with Crippen molar-refractivity contribution >= 4 is 21.8 Å². The van der Waals surface area contributed by atoms with Gasteiger partial charge in [-0.3, -0.25) is 9.48 Å². The Hall–Kier alpha value is -2.40. The summed E-state index contributed by atoms with van der Waals surface area (Å²) in [6.45, 7) is 5.54. The molecule has 0 N–H and O–H groups in total. The Morgan fingerprint density at radius 2 is 1.93 bits per heavy atom. The Labute approximate surface area is 174 Å². The molecule has 0 saturated carbocycles. The highest BCUT2D eigenvalue weighted by atomic mass is 79.9. The molecule has 0 aliphatic carbocycles. The SMILES string of the molecule is Cc1cc(C)n(Cc2cccc(C(=O)N3CCCC3c3ccc(Br)cc3)c2)n1. The van der Waals surface area contributed by atoms with E-state index in [4.69, 9.17) is 0 Å². The number of aryl methyl sites for hydroxylation is 2. The van der Waals surface area contributed by atoms with Gasteiger partial charge in [-0.25, -0.2) is 0 Å². The van der Waals surface area contributed by atoms with E-state index in [1.165, 1.54) is 5.56 Å². The molecule has 0 spiro atoms. The van der Waals surface area contributed by atoms with E-state index in [0.717, 1.165) is 46.4 Å². The maximum Gasteiger partial charge on any atom is 0.254 e. The van der Waals surface area contributed by atoms with Gasteiger partial charge in [0.25, 0.3) is 5.91 Å². The van der Waals surface area contributed by atoms with E-state index >= 15 is 0 Å². The van der Waals surface area contributed by atoms with Gasteiger partial charge in [-0.2, -0.15) is 5.10 Å². The predicted molar refractivity (Wildman–Crippen MR) is 114 cm³/mol. The van der Waals surface area contributed by atoms with Crippen LogP contribution in [0.15, 0.2) is 59.1 Å². The van der Waals surface area contributed by atoms with Crippen molar-refractivity contribution in [3.63, 3.8) is 0 Å². The minimum Gasteiger partial charge on any atom is -0.332 e. The van der Waals surface area contributed by atoms with Crippen LogP contribution >= 0.6 is 15.9 Å². The van der Waals surface area contributed by atoms with Crippen molar-refractivity contribution in [1.29, 1.82) is 0 Å². The first kappa shape index (κ1) is 18.9. The molecule has 5 heteroatoms. The summed E-state index contributed by atoms with van der Waals surface area (Å²) in [5, 5.41) is 4.53. The zero-order valence-electron chi connectivity index (χ0n) is 16.2. The zero-order valence-corrected chi connectivity index (χ0v) is 17.8. The van der Waals surface area contributed by atoms with Crippen molar-refractivity contribution in [3.05, 3.63) is 87.1 Å². The van der Waals surface area contributed by atoms with E-state index in [-0.39, 0.29) is 11.9 Å². The quantitative estimate of drug-likeness (QED) is 0.555. The molecule has 1 amide bonds. The molecular weight excluding hydrogens is 414 g/mol. The number of aromatic nitrogens is 2. The number of nitrogens with zero attached hydrogens (tertiary/aromatic N) is 3. The van der Waals surface area contributed by atoms with Gasteiger partial charge in [0.05, 0.1) is 18.3 Å². The molecule has 1 aliphatic heterocycles. The van der Waals surface area contributed by atoms with E-state index < -0.39 is 0 Å². The van der Waals surface area contributed by atoms with Crippen molar-refractivity contribution in [1.82, 2.24) is 14.7 Å². The standard InChI is InChI=1S/C23H24BrN3O/c1-16-13-17(2)27(25-16)15-18-5-3-6-20(14-18)23(28)26-12-4-7-22(26)19-8-10-21(24)11-9-19/h3,5-6,8-11,13-14,22H,4,7,12,15H2,1-2H3. The largest absolute Gasteiger partial charge is 0.332 e. The van der Waals surface area contributed by atoms with E-state index in [2.05, 4.69) is 52.2 Å². The minimum absolute atomic E-state index is 0.112. The molecule has 2 heterocycles. The number of hydrogen-bond acceptors (Lipinski definition) is 2. The summed E-state index contributed by atoms with van der Waals surface area (Å²) >= 11 is 3.49. The van der Waals surface area contributed by atoms with Crippen molar-refractivity contribution < 1.29 is 4.79 Å². The molecule has 1 fully saturated rings. The Bertz CT molecular complexity index is 993. The summed E-state index contributed by atoms with van der Waals surface area (Å²) < 4.78 is 3.04. The highest BCUT2D eigenvalue weighted by molar-refractivity contribution is 9.10. The molecule has 1 unspecified atom stereocenters. The number of carbonyl (C=O) groups excluding carboxylic acids is 1. The Balaban J connectivity index is 1.55. The van der Waals surface area contributed by atoms with Gasteiger partial charge in [-0.15, -0.1) is 0 Å². The fourth-order valence-electron chi connectivity index (χ4n) is 4.02. The van der Waals surface area contributed by atoms with E-state index in [9.17, 15) is 4.79 Å². The second kappa shape index (κ2) is 7.92. The number of amides is 1. The van der Waals surface area contributed by atoms with Crippen LogP contribution in [0.3, 0.4) is 0 Å². The average Bonchev–Trinajstić information content (AvgIpc) is 3.28. The molecule has 3 aromatic rings. The van der Waals surface area contributed by atoms with Gasteiger partial charge >= 0.3 is 0 Å². The number of carbonyl (C=O) groups is 1. The second-order valence-electron chi connectivity index (χ2n) is 7.49. The molecule has 1 saturated heterocycles. The van der Waals surface area contributed by atoms with Crippen LogP contribution in [-0.4, -0.2) is 27.1 Å². The van der Waals surface area contributed by atoms with Crippen molar-refractivity contribution in [3.8, 4) is 0 Å². The molecule has 144 valence electrons. The van der Waals surface area contributed by atoms with Crippen LogP contribution in [0.25, 0.3) is 0 Å². The smallest absolute Gasteiger partial charge is 0.254 e.